The molecule has 1 aromatic heterocycles. The van der Waals surface area contributed by atoms with Gasteiger partial charge in [0.25, 0.3) is 5.56 Å². The van der Waals surface area contributed by atoms with E-state index in [2.05, 4.69) is 0 Å². The molecule has 0 aliphatic heterocycles. The Morgan fingerprint density at radius 3 is 2.69 bits per heavy atom. The third kappa shape index (κ3) is 1.76. The average molecular weight is 215 g/mol. The zero-order valence-electron chi connectivity index (χ0n) is 9.36. The van der Waals surface area contributed by atoms with E-state index in [1.165, 1.54) is 6.92 Å². The molecule has 3 heteroatoms. The van der Waals surface area contributed by atoms with Gasteiger partial charge in [-0.3, -0.25) is 9.59 Å². The number of hydrogen-bond acceptors (Lipinski definition) is 2. The van der Waals surface area contributed by atoms with Crippen molar-refractivity contribution in [1.29, 1.82) is 0 Å². The van der Waals surface area contributed by atoms with Gasteiger partial charge in [-0.05, 0) is 24.4 Å². The molecule has 0 radical (unpaired) electrons. The van der Waals surface area contributed by atoms with Crippen LogP contribution < -0.4 is 5.56 Å². The first-order valence-electron chi connectivity index (χ1n) is 5.16. The lowest BCUT2D eigenvalue weighted by atomic mass is 10.1. The molecule has 0 amide bonds. The summed E-state index contributed by atoms with van der Waals surface area (Å²) in [6.45, 7) is 1.53. The largest absolute Gasteiger partial charge is 0.315 e. The molecule has 0 fully saturated rings. The molecule has 2 aromatic rings. The molecule has 0 unspecified atom stereocenters. The Kier molecular flexibility index (Phi) is 2.60. The summed E-state index contributed by atoms with van der Waals surface area (Å²) in [6.07, 6.45) is 0.302. The van der Waals surface area contributed by atoms with Crippen LogP contribution in [-0.2, 0) is 18.3 Å². The van der Waals surface area contributed by atoms with Gasteiger partial charge in [-0.25, -0.2) is 0 Å². The van der Waals surface area contributed by atoms with Crippen LogP contribution >= 0.6 is 0 Å². The number of aromatic nitrogens is 1. The highest BCUT2D eigenvalue weighted by Gasteiger charge is 2.07. The highest BCUT2D eigenvalue weighted by molar-refractivity contribution is 5.84. The fourth-order valence-corrected chi connectivity index (χ4v) is 1.83. The molecule has 1 aromatic carbocycles. The number of hydrogen-bond donors (Lipinski definition) is 0. The maximum Gasteiger partial charge on any atom is 0.258 e. The zero-order valence-corrected chi connectivity index (χ0v) is 9.36. The van der Waals surface area contributed by atoms with Crippen molar-refractivity contribution in [1.82, 2.24) is 4.57 Å². The SMILES string of the molecule is CC(=O)Cc1cc2ccccc2c(=O)n1C. The van der Waals surface area contributed by atoms with Crippen LogP contribution in [0.3, 0.4) is 0 Å². The van der Waals surface area contributed by atoms with Gasteiger partial charge in [-0.15, -0.1) is 0 Å². The third-order valence-corrected chi connectivity index (χ3v) is 2.68. The molecule has 0 aliphatic carbocycles. The number of rotatable bonds is 2. The molecule has 2 rings (SSSR count). The fraction of sp³-hybridized carbons (Fsp3) is 0.231. The van der Waals surface area contributed by atoms with E-state index in [1.54, 1.807) is 17.7 Å². The first-order valence-corrected chi connectivity index (χ1v) is 5.16. The van der Waals surface area contributed by atoms with Crippen molar-refractivity contribution in [2.75, 3.05) is 0 Å². The number of benzene rings is 1. The fourth-order valence-electron chi connectivity index (χ4n) is 1.83. The van der Waals surface area contributed by atoms with Gasteiger partial charge in [0.1, 0.15) is 5.78 Å². The first-order chi connectivity index (χ1) is 7.59. The topological polar surface area (TPSA) is 39.1 Å². The van der Waals surface area contributed by atoms with Crippen LogP contribution in [0.4, 0.5) is 0 Å². The van der Waals surface area contributed by atoms with Crippen molar-refractivity contribution >= 4 is 16.6 Å². The number of nitrogens with zero attached hydrogens (tertiary/aromatic N) is 1. The lowest BCUT2D eigenvalue weighted by Crippen LogP contribution is -2.21. The predicted molar refractivity (Wildman–Crippen MR) is 63.6 cm³/mol. The molecule has 0 spiro atoms. The van der Waals surface area contributed by atoms with E-state index in [9.17, 15) is 9.59 Å². The minimum Gasteiger partial charge on any atom is -0.315 e. The predicted octanol–water partition coefficient (Wildman–Crippen LogP) is 1.67. The number of Topliss-reactive ketones (excluding diaryl/α,β-unsaturated/α-hetero) is 1. The minimum absolute atomic E-state index is 0.0469. The van der Waals surface area contributed by atoms with Crippen molar-refractivity contribution in [3.05, 3.63) is 46.4 Å². The van der Waals surface area contributed by atoms with Crippen molar-refractivity contribution < 1.29 is 4.79 Å². The Balaban J connectivity index is 2.74. The summed E-state index contributed by atoms with van der Waals surface area (Å²) in [5.74, 6) is 0.0604. The highest BCUT2D eigenvalue weighted by atomic mass is 16.1. The van der Waals surface area contributed by atoms with Gasteiger partial charge in [0.05, 0.1) is 0 Å². The van der Waals surface area contributed by atoms with Gasteiger partial charge >= 0.3 is 0 Å². The van der Waals surface area contributed by atoms with Gasteiger partial charge in [-0.1, -0.05) is 18.2 Å². The van der Waals surface area contributed by atoms with Crippen molar-refractivity contribution in [3.8, 4) is 0 Å². The van der Waals surface area contributed by atoms with Crippen LogP contribution in [0.15, 0.2) is 35.1 Å². The summed E-state index contributed by atoms with van der Waals surface area (Å²) in [5, 5.41) is 1.58. The summed E-state index contributed by atoms with van der Waals surface area (Å²) in [4.78, 5) is 23.1. The Bertz CT molecular complexity index is 611. The van der Waals surface area contributed by atoms with Gasteiger partial charge in [0.2, 0.25) is 0 Å². The molecule has 0 bridgehead atoms. The quantitative estimate of drug-likeness (QED) is 0.764. The van der Waals surface area contributed by atoms with Crippen LogP contribution in [0.2, 0.25) is 0 Å². The van der Waals surface area contributed by atoms with E-state index < -0.39 is 0 Å². The molecular weight excluding hydrogens is 202 g/mol. The smallest absolute Gasteiger partial charge is 0.258 e. The van der Waals surface area contributed by atoms with Gasteiger partial charge in [0.15, 0.2) is 0 Å². The van der Waals surface area contributed by atoms with Crippen molar-refractivity contribution in [3.63, 3.8) is 0 Å². The van der Waals surface area contributed by atoms with Crippen molar-refractivity contribution in [2.24, 2.45) is 7.05 Å². The number of carbonyl (C=O) groups is 1. The van der Waals surface area contributed by atoms with E-state index in [0.717, 1.165) is 11.1 Å². The molecule has 0 aliphatic rings. The minimum atomic E-state index is -0.0469. The summed E-state index contributed by atoms with van der Waals surface area (Å²) < 4.78 is 1.55. The average Bonchev–Trinajstić information content (AvgIpc) is 2.25. The zero-order chi connectivity index (χ0) is 11.7. The Morgan fingerprint density at radius 1 is 1.31 bits per heavy atom. The molecule has 3 nitrogen and oxygen atoms in total. The number of carbonyl (C=O) groups excluding carboxylic acids is 1. The maximum absolute atomic E-state index is 12.0. The third-order valence-electron chi connectivity index (χ3n) is 2.68. The number of pyridine rings is 1. The van der Waals surface area contributed by atoms with E-state index in [-0.39, 0.29) is 11.3 Å². The number of ketones is 1. The van der Waals surface area contributed by atoms with E-state index in [1.807, 2.05) is 24.3 Å². The standard InChI is InChI=1S/C13H13NO2/c1-9(15)7-11-8-10-5-3-4-6-12(10)13(16)14(11)2/h3-6,8H,7H2,1-2H3. The Morgan fingerprint density at radius 2 is 2.00 bits per heavy atom. The monoisotopic (exact) mass is 215 g/mol. The molecule has 0 N–H and O–H groups in total. The van der Waals surface area contributed by atoms with Gasteiger partial charge < -0.3 is 4.57 Å². The lowest BCUT2D eigenvalue weighted by Gasteiger charge is -2.08. The Hall–Kier alpha value is -1.90. The molecule has 1 heterocycles. The summed E-state index contributed by atoms with van der Waals surface area (Å²) in [7, 11) is 1.70. The second-order valence-electron chi connectivity index (χ2n) is 3.97. The van der Waals surface area contributed by atoms with Crippen LogP contribution in [0, 0.1) is 0 Å². The number of fused-ring (bicyclic) bond motifs is 1. The molecule has 0 saturated heterocycles. The first kappa shape index (κ1) is 10.6. The summed E-state index contributed by atoms with van der Waals surface area (Å²) >= 11 is 0. The lowest BCUT2D eigenvalue weighted by molar-refractivity contribution is -0.116. The second kappa shape index (κ2) is 3.93. The van der Waals surface area contributed by atoms with E-state index in [0.29, 0.717) is 11.8 Å². The van der Waals surface area contributed by atoms with Crippen LogP contribution in [0.5, 0.6) is 0 Å². The van der Waals surface area contributed by atoms with E-state index >= 15 is 0 Å². The summed E-state index contributed by atoms with van der Waals surface area (Å²) in [5.41, 5.74) is 0.713. The normalized spacial score (nSPS) is 10.6. The molecule has 0 saturated carbocycles. The van der Waals surface area contributed by atoms with Crippen molar-refractivity contribution in [2.45, 2.75) is 13.3 Å². The van der Waals surface area contributed by atoms with Crippen LogP contribution in [0.25, 0.3) is 10.8 Å². The molecule has 16 heavy (non-hydrogen) atoms. The highest BCUT2D eigenvalue weighted by Crippen LogP contribution is 2.11. The molecule has 82 valence electrons. The van der Waals surface area contributed by atoms with Crippen LogP contribution in [0.1, 0.15) is 12.6 Å². The second-order valence-corrected chi connectivity index (χ2v) is 3.97. The summed E-state index contributed by atoms with van der Waals surface area (Å²) in [6, 6.07) is 9.32. The van der Waals surface area contributed by atoms with Gasteiger partial charge in [-0.2, -0.15) is 0 Å². The molecule has 0 atom stereocenters. The van der Waals surface area contributed by atoms with Gasteiger partial charge in [0, 0.05) is 24.5 Å². The maximum atomic E-state index is 12.0. The van der Waals surface area contributed by atoms with Crippen LogP contribution in [-0.4, -0.2) is 10.4 Å². The Labute approximate surface area is 93.3 Å². The van der Waals surface area contributed by atoms with E-state index in [4.69, 9.17) is 0 Å². The molecular formula is C13H13NO2.